The first-order chi connectivity index (χ1) is 11.0. The van der Waals surface area contributed by atoms with Crippen molar-refractivity contribution in [1.82, 2.24) is 0 Å². The zero-order chi connectivity index (χ0) is 17.8. The molecule has 0 radical (unpaired) electrons. The van der Waals surface area contributed by atoms with Crippen LogP contribution in [0.25, 0.3) is 0 Å². The number of allylic oxidation sites excluding steroid dienone is 2. The summed E-state index contributed by atoms with van der Waals surface area (Å²) in [4.78, 5) is 23.5. The average Bonchev–Trinajstić information content (AvgIpc) is 2.59. The molecule has 0 aromatic heterocycles. The number of ketones is 1. The fraction of sp³-hybridized carbons (Fsp3) is 0.333. The summed E-state index contributed by atoms with van der Waals surface area (Å²) >= 11 is 0. The van der Waals surface area contributed by atoms with Gasteiger partial charge in [-0.3, -0.25) is 4.79 Å². The number of hydrogen-bond donors (Lipinski definition) is 1. The van der Waals surface area contributed by atoms with Crippen LogP contribution in [0.5, 0.6) is 5.75 Å². The van der Waals surface area contributed by atoms with Crippen LogP contribution in [0.2, 0.25) is 0 Å². The number of carboxylic acids is 1. The van der Waals surface area contributed by atoms with Crippen LogP contribution in [-0.2, 0) is 9.53 Å². The molecule has 5 heteroatoms. The van der Waals surface area contributed by atoms with E-state index >= 15 is 0 Å². The van der Waals surface area contributed by atoms with Gasteiger partial charge in [0.05, 0.1) is 13.7 Å². The fourth-order valence-corrected chi connectivity index (χ4v) is 1.65. The van der Waals surface area contributed by atoms with E-state index in [2.05, 4.69) is 0 Å². The van der Waals surface area contributed by atoms with Crippen LogP contribution in [0.15, 0.2) is 47.6 Å². The molecule has 0 aliphatic heterocycles. The van der Waals surface area contributed by atoms with Crippen LogP contribution in [0.3, 0.4) is 0 Å². The molecule has 1 aromatic carbocycles. The number of carboxylic acid groups (broad SMARTS) is 1. The molecular weight excluding hydrogens is 296 g/mol. The van der Waals surface area contributed by atoms with Crippen molar-refractivity contribution in [3.8, 4) is 5.75 Å². The van der Waals surface area contributed by atoms with E-state index in [1.54, 1.807) is 30.3 Å². The topological polar surface area (TPSA) is 72.8 Å². The molecule has 0 heterocycles. The SMILES string of the molecule is CC.COC/C=C\C(C(=O)c1ccc(OC)cc1)=C(/C)C(=O)O. The predicted octanol–water partition coefficient (Wildman–Crippen LogP) is 3.51. The summed E-state index contributed by atoms with van der Waals surface area (Å²) < 4.78 is 9.89. The monoisotopic (exact) mass is 320 g/mol. The molecule has 5 nitrogen and oxygen atoms in total. The van der Waals surface area contributed by atoms with Gasteiger partial charge in [-0.05, 0) is 31.2 Å². The van der Waals surface area contributed by atoms with Gasteiger partial charge in [0.15, 0.2) is 5.78 Å². The molecule has 0 bridgehead atoms. The molecule has 1 rings (SSSR count). The normalized spacial score (nSPS) is 11.3. The van der Waals surface area contributed by atoms with Crippen molar-refractivity contribution in [3.05, 3.63) is 53.1 Å². The maximum Gasteiger partial charge on any atom is 0.332 e. The number of benzene rings is 1. The predicted molar refractivity (Wildman–Crippen MR) is 90.0 cm³/mol. The van der Waals surface area contributed by atoms with Gasteiger partial charge in [-0.15, -0.1) is 0 Å². The number of methoxy groups -OCH3 is 2. The third-order valence-electron chi connectivity index (χ3n) is 2.87. The van der Waals surface area contributed by atoms with Crippen LogP contribution < -0.4 is 4.74 Å². The molecule has 0 spiro atoms. The molecule has 0 aliphatic carbocycles. The summed E-state index contributed by atoms with van der Waals surface area (Å²) in [6.45, 7) is 5.70. The van der Waals surface area contributed by atoms with E-state index in [1.807, 2.05) is 13.8 Å². The summed E-state index contributed by atoms with van der Waals surface area (Å²) in [7, 11) is 3.05. The number of carbonyl (C=O) groups is 2. The lowest BCUT2D eigenvalue weighted by Gasteiger charge is -2.06. The van der Waals surface area contributed by atoms with Crippen molar-refractivity contribution in [3.63, 3.8) is 0 Å². The molecule has 0 unspecified atom stereocenters. The molecule has 1 N–H and O–H groups in total. The first-order valence-corrected chi connectivity index (χ1v) is 7.29. The van der Waals surface area contributed by atoms with Gasteiger partial charge in [-0.2, -0.15) is 0 Å². The van der Waals surface area contributed by atoms with Gasteiger partial charge in [0.25, 0.3) is 0 Å². The van der Waals surface area contributed by atoms with Gasteiger partial charge in [0.1, 0.15) is 5.75 Å². The Labute approximate surface area is 137 Å². The second-order valence-electron chi connectivity index (χ2n) is 4.26. The van der Waals surface area contributed by atoms with E-state index < -0.39 is 5.97 Å². The highest BCUT2D eigenvalue weighted by Gasteiger charge is 2.16. The Bertz CT molecular complexity index is 568. The third kappa shape index (κ3) is 6.48. The Morgan fingerprint density at radius 1 is 1.13 bits per heavy atom. The molecule has 0 fully saturated rings. The van der Waals surface area contributed by atoms with Crippen LogP contribution in [-0.4, -0.2) is 37.7 Å². The number of Topliss-reactive ketones (excluding diaryl/α,β-unsaturated/α-hetero) is 1. The fourth-order valence-electron chi connectivity index (χ4n) is 1.65. The zero-order valence-corrected chi connectivity index (χ0v) is 14.3. The van der Waals surface area contributed by atoms with Crippen molar-refractivity contribution in [2.24, 2.45) is 0 Å². The van der Waals surface area contributed by atoms with Crippen LogP contribution >= 0.6 is 0 Å². The second kappa shape index (κ2) is 11.2. The summed E-state index contributed by atoms with van der Waals surface area (Å²) in [6, 6.07) is 6.50. The van der Waals surface area contributed by atoms with E-state index in [4.69, 9.17) is 14.6 Å². The molecule has 0 aliphatic rings. The molecular formula is C18H24O5. The van der Waals surface area contributed by atoms with Crippen molar-refractivity contribution >= 4 is 11.8 Å². The highest BCUT2D eigenvalue weighted by molar-refractivity contribution is 6.14. The van der Waals surface area contributed by atoms with E-state index in [-0.39, 0.29) is 16.9 Å². The molecule has 23 heavy (non-hydrogen) atoms. The number of ether oxygens (including phenoxy) is 2. The number of aliphatic carboxylic acids is 1. The van der Waals surface area contributed by atoms with Crippen molar-refractivity contribution in [2.75, 3.05) is 20.8 Å². The lowest BCUT2D eigenvalue weighted by Crippen LogP contribution is -2.09. The van der Waals surface area contributed by atoms with Crippen molar-refractivity contribution < 1.29 is 24.2 Å². The summed E-state index contributed by atoms with van der Waals surface area (Å²) in [5.41, 5.74) is 0.515. The minimum absolute atomic E-state index is 0.0110. The minimum Gasteiger partial charge on any atom is -0.497 e. The molecule has 0 atom stereocenters. The number of rotatable bonds is 7. The van der Waals surface area contributed by atoms with Gasteiger partial charge in [0.2, 0.25) is 0 Å². The highest BCUT2D eigenvalue weighted by atomic mass is 16.5. The second-order valence-corrected chi connectivity index (χ2v) is 4.26. The van der Waals surface area contributed by atoms with E-state index in [0.29, 0.717) is 17.9 Å². The maximum atomic E-state index is 12.4. The Hall–Kier alpha value is -2.40. The third-order valence-corrected chi connectivity index (χ3v) is 2.87. The molecule has 0 saturated heterocycles. The number of carbonyl (C=O) groups excluding carboxylic acids is 1. The van der Waals surface area contributed by atoms with Crippen molar-refractivity contribution in [1.29, 1.82) is 0 Å². The first kappa shape index (κ1) is 20.6. The van der Waals surface area contributed by atoms with Gasteiger partial charge < -0.3 is 14.6 Å². The average molecular weight is 320 g/mol. The maximum absolute atomic E-state index is 12.4. The largest absolute Gasteiger partial charge is 0.497 e. The summed E-state index contributed by atoms with van der Waals surface area (Å²) in [6.07, 6.45) is 3.07. The van der Waals surface area contributed by atoms with E-state index in [0.717, 1.165) is 0 Å². The molecule has 126 valence electrons. The standard InChI is InChI=1S/C16H18O5.C2H6/c1-11(16(18)19)14(5-4-10-20-2)15(17)12-6-8-13(21-3)9-7-12;1-2/h4-9H,10H2,1-3H3,(H,18,19);1-2H3/b5-4-,14-11-;. The van der Waals surface area contributed by atoms with Gasteiger partial charge in [0, 0.05) is 23.8 Å². The lowest BCUT2D eigenvalue weighted by molar-refractivity contribution is -0.132. The first-order valence-electron chi connectivity index (χ1n) is 7.29. The smallest absolute Gasteiger partial charge is 0.332 e. The molecule has 1 aromatic rings. The lowest BCUT2D eigenvalue weighted by atomic mass is 9.98. The summed E-state index contributed by atoms with van der Waals surface area (Å²) in [5.74, 6) is -0.860. The highest BCUT2D eigenvalue weighted by Crippen LogP contribution is 2.17. The van der Waals surface area contributed by atoms with E-state index in [1.165, 1.54) is 27.2 Å². The van der Waals surface area contributed by atoms with E-state index in [9.17, 15) is 9.59 Å². The summed E-state index contributed by atoms with van der Waals surface area (Å²) in [5, 5.41) is 9.09. The zero-order valence-electron chi connectivity index (χ0n) is 14.3. The Morgan fingerprint density at radius 3 is 2.13 bits per heavy atom. The Balaban J connectivity index is 0.00000232. The Kier molecular flexibility index (Phi) is 10.0. The van der Waals surface area contributed by atoms with Gasteiger partial charge in [-0.1, -0.05) is 26.0 Å². The van der Waals surface area contributed by atoms with Gasteiger partial charge in [-0.25, -0.2) is 4.79 Å². The van der Waals surface area contributed by atoms with Crippen LogP contribution in [0.4, 0.5) is 0 Å². The molecule has 0 saturated carbocycles. The number of hydrogen-bond acceptors (Lipinski definition) is 4. The molecule has 0 amide bonds. The van der Waals surface area contributed by atoms with Gasteiger partial charge >= 0.3 is 5.97 Å². The van der Waals surface area contributed by atoms with Crippen LogP contribution in [0.1, 0.15) is 31.1 Å². The van der Waals surface area contributed by atoms with Crippen LogP contribution in [0, 0.1) is 0 Å². The quantitative estimate of drug-likeness (QED) is 0.473. The van der Waals surface area contributed by atoms with Crippen molar-refractivity contribution in [2.45, 2.75) is 20.8 Å². The minimum atomic E-state index is -1.13. The Morgan fingerprint density at radius 2 is 1.70 bits per heavy atom.